The second-order valence-corrected chi connectivity index (χ2v) is 4.20. The summed E-state index contributed by atoms with van der Waals surface area (Å²) in [6.07, 6.45) is 1.37. The van der Waals surface area contributed by atoms with Gasteiger partial charge in [0, 0.05) is 24.3 Å². The summed E-state index contributed by atoms with van der Waals surface area (Å²) >= 11 is 0. The van der Waals surface area contributed by atoms with Crippen molar-refractivity contribution in [3.05, 3.63) is 23.8 Å². The number of fused-ring (bicyclic) bond motifs is 1. The van der Waals surface area contributed by atoms with Crippen molar-refractivity contribution in [1.82, 2.24) is 5.32 Å². The predicted molar refractivity (Wildman–Crippen MR) is 67.3 cm³/mol. The Bertz CT molecular complexity index is 495. The first-order chi connectivity index (χ1) is 8.31. The molecule has 0 saturated carbocycles. The fourth-order valence-corrected chi connectivity index (χ4v) is 2.08. The number of nitrogens with zero attached hydrogens (tertiary/aromatic N) is 1. The molecule has 0 fully saturated rings. The molecule has 5 heteroatoms. The van der Waals surface area contributed by atoms with E-state index in [-0.39, 0.29) is 5.91 Å². The summed E-state index contributed by atoms with van der Waals surface area (Å²) in [7, 11) is 0. The van der Waals surface area contributed by atoms with E-state index in [1.165, 1.54) is 5.56 Å². The fourth-order valence-electron chi connectivity index (χ4n) is 2.08. The molecule has 1 aromatic rings. The van der Waals surface area contributed by atoms with Gasteiger partial charge < -0.3 is 16.0 Å². The van der Waals surface area contributed by atoms with Crippen molar-refractivity contribution in [2.45, 2.75) is 12.8 Å². The number of carbonyl (C=O) groups excluding carboxylic acids is 1. The van der Waals surface area contributed by atoms with Gasteiger partial charge in [0.1, 0.15) is 0 Å². The third-order valence-corrected chi connectivity index (χ3v) is 2.94. The molecule has 88 valence electrons. The van der Waals surface area contributed by atoms with Gasteiger partial charge >= 0.3 is 0 Å². The van der Waals surface area contributed by atoms with E-state index in [0.29, 0.717) is 6.42 Å². The van der Waals surface area contributed by atoms with E-state index in [1.54, 1.807) is 0 Å². The molecule has 0 aromatic heterocycles. The van der Waals surface area contributed by atoms with E-state index < -0.39 is 0 Å². The Hall–Kier alpha value is -2.04. The highest BCUT2D eigenvalue weighted by Crippen LogP contribution is 2.25. The number of hydrogen-bond acceptors (Lipinski definition) is 4. The molecule has 0 unspecified atom stereocenters. The molecule has 0 atom stereocenters. The van der Waals surface area contributed by atoms with Gasteiger partial charge in [-0.15, -0.1) is 0 Å². The van der Waals surface area contributed by atoms with Crippen LogP contribution in [0.3, 0.4) is 0 Å². The molecule has 0 saturated heterocycles. The number of rotatable bonds is 1. The molecule has 2 aliphatic rings. The normalized spacial score (nSPS) is 17.9. The molecule has 3 rings (SSSR count). The van der Waals surface area contributed by atoms with Crippen molar-refractivity contribution in [2.24, 2.45) is 4.99 Å². The Morgan fingerprint density at radius 2 is 2.24 bits per heavy atom. The van der Waals surface area contributed by atoms with Crippen LogP contribution in [-0.4, -0.2) is 25.0 Å². The van der Waals surface area contributed by atoms with Crippen molar-refractivity contribution in [2.75, 3.05) is 23.7 Å². The van der Waals surface area contributed by atoms with Crippen molar-refractivity contribution in [3.8, 4) is 0 Å². The van der Waals surface area contributed by atoms with Crippen LogP contribution in [0, 0.1) is 0 Å². The van der Waals surface area contributed by atoms with E-state index in [1.807, 2.05) is 12.1 Å². The second kappa shape index (κ2) is 4.08. The summed E-state index contributed by atoms with van der Waals surface area (Å²) in [4.78, 5) is 15.5. The first-order valence-corrected chi connectivity index (χ1v) is 5.79. The first kappa shape index (κ1) is 10.1. The van der Waals surface area contributed by atoms with Crippen LogP contribution < -0.4 is 16.0 Å². The lowest BCUT2D eigenvalue weighted by molar-refractivity contribution is -0.116. The lowest BCUT2D eigenvalue weighted by Gasteiger charge is -2.18. The Balaban J connectivity index is 1.80. The quantitative estimate of drug-likeness (QED) is 0.672. The molecule has 0 spiro atoms. The number of anilines is 2. The molecule has 0 bridgehead atoms. The minimum Gasteiger partial charge on any atom is -0.354 e. The van der Waals surface area contributed by atoms with Crippen LogP contribution in [0.1, 0.15) is 12.0 Å². The topological polar surface area (TPSA) is 65.5 Å². The smallest absolute Gasteiger partial charge is 0.224 e. The van der Waals surface area contributed by atoms with Gasteiger partial charge in [0.15, 0.2) is 5.96 Å². The standard InChI is InChI=1S/C12H14N4O/c17-11-4-1-8-7-9(2-3-10(8)16-11)15-12-13-5-6-14-12/h2-3,7H,1,4-6H2,(H,16,17)(H2,13,14,15). The largest absolute Gasteiger partial charge is 0.354 e. The highest BCUT2D eigenvalue weighted by atomic mass is 16.1. The Labute approximate surface area is 99.3 Å². The number of amides is 1. The summed E-state index contributed by atoms with van der Waals surface area (Å²) in [6, 6.07) is 5.95. The van der Waals surface area contributed by atoms with Crippen LogP contribution in [-0.2, 0) is 11.2 Å². The maximum atomic E-state index is 11.2. The molecule has 0 aliphatic carbocycles. The summed E-state index contributed by atoms with van der Waals surface area (Å²) in [5.74, 6) is 0.921. The molecule has 1 aromatic carbocycles. The van der Waals surface area contributed by atoms with Gasteiger partial charge in [0.25, 0.3) is 0 Å². The third-order valence-electron chi connectivity index (χ3n) is 2.94. The highest BCUT2D eigenvalue weighted by molar-refractivity contribution is 5.97. The Morgan fingerprint density at radius 3 is 3.06 bits per heavy atom. The summed E-state index contributed by atoms with van der Waals surface area (Å²) in [6.45, 7) is 1.71. The van der Waals surface area contributed by atoms with Crippen molar-refractivity contribution < 1.29 is 4.79 Å². The average molecular weight is 230 g/mol. The summed E-state index contributed by atoms with van der Waals surface area (Å²) in [5, 5.41) is 9.26. The van der Waals surface area contributed by atoms with E-state index in [2.05, 4.69) is 27.0 Å². The molecule has 5 nitrogen and oxygen atoms in total. The number of benzene rings is 1. The highest BCUT2D eigenvalue weighted by Gasteiger charge is 2.15. The minimum absolute atomic E-state index is 0.0973. The van der Waals surface area contributed by atoms with Gasteiger partial charge in [0.2, 0.25) is 5.91 Å². The third kappa shape index (κ3) is 2.08. The minimum atomic E-state index is 0.0973. The maximum Gasteiger partial charge on any atom is 0.224 e. The van der Waals surface area contributed by atoms with Crippen LogP contribution in [0.4, 0.5) is 11.4 Å². The van der Waals surface area contributed by atoms with Crippen LogP contribution in [0.2, 0.25) is 0 Å². The number of nitrogens with one attached hydrogen (secondary N) is 3. The van der Waals surface area contributed by atoms with Gasteiger partial charge in [-0.05, 0) is 30.2 Å². The monoisotopic (exact) mass is 230 g/mol. The van der Waals surface area contributed by atoms with Gasteiger partial charge in [-0.2, -0.15) is 0 Å². The molecule has 1 amide bonds. The van der Waals surface area contributed by atoms with Crippen LogP contribution >= 0.6 is 0 Å². The van der Waals surface area contributed by atoms with E-state index in [0.717, 1.165) is 36.8 Å². The maximum absolute atomic E-state index is 11.2. The lowest BCUT2D eigenvalue weighted by atomic mass is 10.0. The molecule has 3 N–H and O–H groups in total. The molecule has 2 heterocycles. The van der Waals surface area contributed by atoms with Crippen LogP contribution in [0.15, 0.2) is 23.2 Å². The second-order valence-electron chi connectivity index (χ2n) is 4.20. The predicted octanol–water partition coefficient (Wildman–Crippen LogP) is 0.942. The Morgan fingerprint density at radius 1 is 1.29 bits per heavy atom. The first-order valence-electron chi connectivity index (χ1n) is 5.79. The van der Waals surface area contributed by atoms with Crippen molar-refractivity contribution in [3.63, 3.8) is 0 Å². The SMILES string of the molecule is O=C1CCc2cc(NC3=NCCN3)ccc2N1. The van der Waals surface area contributed by atoms with Gasteiger partial charge in [0.05, 0.1) is 6.54 Å². The summed E-state index contributed by atoms with van der Waals surface area (Å²) < 4.78 is 0. The van der Waals surface area contributed by atoms with Crippen molar-refractivity contribution >= 4 is 23.2 Å². The molecular formula is C12H14N4O. The molecule has 17 heavy (non-hydrogen) atoms. The zero-order chi connectivity index (χ0) is 11.7. The fraction of sp³-hybridized carbons (Fsp3) is 0.333. The van der Waals surface area contributed by atoms with Gasteiger partial charge in [-0.1, -0.05) is 0 Å². The van der Waals surface area contributed by atoms with E-state index >= 15 is 0 Å². The number of aliphatic imine (C=N–C) groups is 1. The molecule has 2 aliphatic heterocycles. The Kier molecular flexibility index (Phi) is 2.44. The number of carbonyl (C=O) groups is 1. The van der Waals surface area contributed by atoms with E-state index in [9.17, 15) is 4.79 Å². The average Bonchev–Trinajstić information content (AvgIpc) is 2.82. The van der Waals surface area contributed by atoms with Gasteiger partial charge in [-0.3, -0.25) is 9.79 Å². The van der Waals surface area contributed by atoms with Crippen molar-refractivity contribution in [1.29, 1.82) is 0 Å². The zero-order valence-electron chi connectivity index (χ0n) is 9.42. The van der Waals surface area contributed by atoms with Crippen LogP contribution in [0.5, 0.6) is 0 Å². The lowest BCUT2D eigenvalue weighted by Crippen LogP contribution is -2.26. The number of guanidine groups is 1. The van der Waals surface area contributed by atoms with Gasteiger partial charge in [-0.25, -0.2) is 0 Å². The van der Waals surface area contributed by atoms with E-state index in [4.69, 9.17) is 0 Å². The summed E-state index contributed by atoms with van der Waals surface area (Å²) in [5.41, 5.74) is 3.11. The zero-order valence-corrected chi connectivity index (χ0v) is 9.42. The van der Waals surface area contributed by atoms with Crippen LogP contribution in [0.25, 0.3) is 0 Å². The molecular weight excluding hydrogens is 216 g/mol. The number of aryl methyl sites for hydroxylation is 1. The molecule has 0 radical (unpaired) electrons. The number of hydrogen-bond donors (Lipinski definition) is 3.